The van der Waals surface area contributed by atoms with E-state index in [0.717, 1.165) is 16.0 Å². The van der Waals surface area contributed by atoms with Gasteiger partial charge in [0.2, 0.25) is 0 Å². The molecular weight excluding hydrogens is 535 g/mol. The smallest absolute Gasteiger partial charge is 0.391 e. The summed E-state index contributed by atoms with van der Waals surface area (Å²) in [4.78, 5) is 9.81. The zero-order valence-electron chi connectivity index (χ0n) is 19.9. The lowest BCUT2D eigenvalue weighted by Gasteiger charge is -2.37. The van der Waals surface area contributed by atoms with Gasteiger partial charge in [-0.05, 0) is 42.2 Å². The molecule has 204 valence electrons. The number of hydrogen-bond donors (Lipinski definition) is 3. The molecule has 3 atom stereocenters. The summed E-state index contributed by atoms with van der Waals surface area (Å²) in [5.74, 6) is 0.870. The van der Waals surface area contributed by atoms with Crippen molar-refractivity contribution in [2.45, 2.75) is 66.5 Å². The number of hydrogen-bond acceptors (Lipinski definition) is 8. The van der Waals surface area contributed by atoms with E-state index < -0.39 is 45.5 Å². The van der Waals surface area contributed by atoms with E-state index in [9.17, 15) is 31.2 Å². The first-order valence-corrected chi connectivity index (χ1v) is 14.1. The molecule has 2 aliphatic heterocycles. The predicted octanol–water partition coefficient (Wildman–Crippen LogP) is 4.60. The third kappa shape index (κ3) is 6.77. The number of thioether (sulfide) groups is 1. The molecule has 8 nitrogen and oxygen atoms in total. The van der Waals surface area contributed by atoms with Crippen molar-refractivity contribution in [1.82, 2.24) is 5.32 Å². The minimum atomic E-state index is -4.58. The van der Waals surface area contributed by atoms with Crippen molar-refractivity contribution < 1.29 is 45.8 Å². The fourth-order valence-electron chi connectivity index (χ4n) is 4.42. The minimum absolute atomic E-state index is 0.0750. The Kier molecular flexibility index (Phi) is 8.15. The van der Waals surface area contributed by atoms with E-state index in [2.05, 4.69) is 15.1 Å². The SMILES string of the molecule is CC[C@]1(CC(O)CC(F)(F)F)CSc2ccc(OCCC3(S(=O)(=O)O)OO3)cc2[C@H](c2ccccc2)N1. The zero-order chi connectivity index (χ0) is 26.9. The summed E-state index contributed by atoms with van der Waals surface area (Å²) in [6.07, 6.45) is -7.13. The first kappa shape index (κ1) is 28.1. The van der Waals surface area contributed by atoms with Gasteiger partial charge in [-0.25, -0.2) is 0 Å². The number of rotatable bonds is 10. The summed E-state index contributed by atoms with van der Waals surface area (Å²) in [6.45, 7) is 1.76. The Morgan fingerprint density at radius 3 is 2.51 bits per heavy atom. The average Bonchev–Trinajstić information content (AvgIpc) is 3.63. The van der Waals surface area contributed by atoms with E-state index in [4.69, 9.17) is 4.74 Å². The highest BCUT2D eigenvalue weighted by Gasteiger charge is 2.61. The van der Waals surface area contributed by atoms with Gasteiger partial charge in [-0.15, -0.1) is 11.8 Å². The largest absolute Gasteiger partial charge is 0.493 e. The molecule has 0 saturated carbocycles. The molecule has 3 N–H and O–H groups in total. The van der Waals surface area contributed by atoms with Gasteiger partial charge in [-0.1, -0.05) is 37.3 Å². The fraction of sp³-hybridized carbons (Fsp3) is 0.500. The van der Waals surface area contributed by atoms with Crippen LogP contribution in [0.1, 0.15) is 49.8 Å². The lowest BCUT2D eigenvalue weighted by atomic mass is 9.86. The van der Waals surface area contributed by atoms with Crippen LogP contribution in [0.15, 0.2) is 53.4 Å². The molecule has 0 amide bonds. The van der Waals surface area contributed by atoms with Crippen molar-refractivity contribution >= 4 is 21.9 Å². The molecule has 1 unspecified atom stereocenters. The maximum Gasteiger partial charge on any atom is 0.391 e. The topological polar surface area (TPSA) is 121 Å². The Labute approximate surface area is 217 Å². The first-order valence-electron chi connectivity index (χ1n) is 11.7. The first-order chi connectivity index (χ1) is 17.4. The molecule has 1 fully saturated rings. The molecule has 0 radical (unpaired) electrons. The molecule has 2 heterocycles. The minimum Gasteiger partial charge on any atom is -0.493 e. The van der Waals surface area contributed by atoms with Gasteiger partial charge in [0.1, 0.15) is 5.75 Å². The fourth-order valence-corrected chi connectivity index (χ4v) is 6.31. The van der Waals surface area contributed by atoms with Crippen molar-refractivity contribution in [3.63, 3.8) is 0 Å². The third-order valence-corrected chi connectivity index (χ3v) is 9.00. The lowest BCUT2D eigenvalue weighted by molar-refractivity contribution is -0.155. The monoisotopic (exact) mass is 563 g/mol. The summed E-state index contributed by atoms with van der Waals surface area (Å²) in [5, 5.41) is 11.7. The van der Waals surface area contributed by atoms with Crippen LogP contribution in [0.4, 0.5) is 13.2 Å². The van der Waals surface area contributed by atoms with Crippen LogP contribution in [0, 0.1) is 0 Å². The molecule has 0 bridgehead atoms. The van der Waals surface area contributed by atoms with Gasteiger partial charge in [0, 0.05) is 16.2 Å². The summed E-state index contributed by atoms with van der Waals surface area (Å²) >= 11 is 1.49. The van der Waals surface area contributed by atoms with Crippen LogP contribution in [0.5, 0.6) is 5.75 Å². The number of alkyl halides is 3. The zero-order valence-corrected chi connectivity index (χ0v) is 21.5. The van der Waals surface area contributed by atoms with Crippen molar-refractivity contribution in [2.75, 3.05) is 12.4 Å². The summed E-state index contributed by atoms with van der Waals surface area (Å²) in [7, 11) is -4.58. The standard InChI is InChI=1S/C24H28F3NO7S2/c1-2-22(13-17(29)14-23(25,26)27)15-36-20-9-8-18(33-11-10-24(34-35-24)37(30,31)32)12-19(20)21(28-22)16-6-4-3-5-7-16/h3-9,12,17,21,28-29H,2,10-11,13-15H2,1H3,(H,30,31,32)/t17?,21-,22-/m0/s1. The second kappa shape index (κ2) is 10.7. The van der Waals surface area contributed by atoms with Gasteiger partial charge in [0.05, 0.1) is 31.6 Å². The molecule has 0 aromatic heterocycles. The van der Waals surface area contributed by atoms with Gasteiger partial charge >= 0.3 is 21.4 Å². The van der Waals surface area contributed by atoms with Gasteiger partial charge in [-0.2, -0.15) is 31.4 Å². The van der Waals surface area contributed by atoms with E-state index in [1.54, 1.807) is 12.1 Å². The van der Waals surface area contributed by atoms with Crippen LogP contribution < -0.4 is 10.1 Å². The maximum atomic E-state index is 13.0. The Morgan fingerprint density at radius 1 is 1.22 bits per heavy atom. The molecule has 4 rings (SSSR count). The molecule has 1 saturated heterocycles. The predicted molar refractivity (Wildman–Crippen MR) is 129 cm³/mol. The van der Waals surface area contributed by atoms with Crippen LogP contribution in [-0.4, -0.2) is 53.4 Å². The third-order valence-electron chi connectivity index (χ3n) is 6.49. The van der Waals surface area contributed by atoms with Gasteiger partial charge in [0.15, 0.2) is 0 Å². The lowest BCUT2D eigenvalue weighted by Crippen LogP contribution is -2.50. The number of benzene rings is 2. The van der Waals surface area contributed by atoms with E-state index in [1.807, 2.05) is 43.3 Å². The number of nitrogens with one attached hydrogen (secondary N) is 1. The quantitative estimate of drug-likeness (QED) is 0.216. The molecule has 2 aromatic carbocycles. The van der Waals surface area contributed by atoms with Crippen molar-refractivity contribution in [2.24, 2.45) is 0 Å². The highest BCUT2D eigenvalue weighted by Crippen LogP contribution is 2.43. The average molecular weight is 564 g/mol. The van der Waals surface area contributed by atoms with E-state index >= 15 is 0 Å². The molecule has 0 aliphatic carbocycles. The van der Waals surface area contributed by atoms with E-state index in [0.29, 0.717) is 17.9 Å². The number of aliphatic hydroxyl groups is 1. The highest BCUT2D eigenvalue weighted by molar-refractivity contribution is 7.99. The number of ether oxygens (including phenoxy) is 1. The molecule has 37 heavy (non-hydrogen) atoms. The van der Waals surface area contributed by atoms with E-state index in [1.165, 1.54) is 11.8 Å². The summed E-state index contributed by atoms with van der Waals surface area (Å²) in [5.41, 5.74) is 0.938. The van der Waals surface area contributed by atoms with Crippen molar-refractivity contribution in [3.05, 3.63) is 59.7 Å². The summed E-state index contributed by atoms with van der Waals surface area (Å²) < 4.78 is 76.6. The van der Waals surface area contributed by atoms with Gasteiger partial charge in [0.25, 0.3) is 0 Å². The Morgan fingerprint density at radius 2 is 1.92 bits per heavy atom. The Balaban J connectivity index is 1.59. The molecule has 2 aliphatic rings. The van der Waals surface area contributed by atoms with Crippen LogP contribution >= 0.6 is 11.8 Å². The Hall–Kier alpha value is -1.87. The second-order valence-corrected chi connectivity index (χ2v) is 11.8. The number of halogens is 3. The molecule has 2 aromatic rings. The van der Waals surface area contributed by atoms with Crippen molar-refractivity contribution in [3.8, 4) is 5.75 Å². The van der Waals surface area contributed by atoms with Crippen LogP contribution in [-0.2, 0) is 19.9 Å². The number of aliphatic hydroxyl groups excluding tert-OH is 1. The van der Waals surface area contributed by atoms with Gasteiger partial charge in [-0.3, -0.25) is 9.87 Å². The van der Waals surface area contributed by atoms with Crippen LogP contribution in [0.3, 0.4) is 0 Å². The Bertz CT molecular complexity index is 1190. The molecular formula is C24H28F3NO7S2. The normalized spacial score (nSPS) is 24.1. The van der Waals surface area contributed by atoms with Crippen LogP contribution in [0.2, 0.25) is 0 Å². The van der Waals surface area contributed by atoms with E-state index in [-0.39, 0.29) is 19.4 Å². The molecule has 0 spiro atoms. The second-order valence-electron chi connectivity index (χ2n) is 9.21. The molecule has 13 heteroatoms. The maximum absolute atomic E-state index is 13.0. The van der Waals surface area contributed by atoms with Gasteiger partial charge < -0.3 is 9.84 Å². The van der Waals surface area contributed by atoms with Crippen molar-refractivity contribution in [1.29, 1.82) is 0 Å². The summed E-state index contributed by atoms with van der Waals surface area (Å²) in [6, 6.07) is 14.4. The van der Waals surface area contributed by atoms with Crippen LogP contribution in [0.25, 0.3) is 0 Å². The highest BCUT2D eigenvalue weighted by atomic mass is 32.2. The number of fused-ring (bicyclic) bond motifs is 1.